The SMILES string of the molecule is Cc1ccc(S(=O)(=O)NCCCNc2ccc(C(F)(F)F)cc2[N+](=O)[O-])cc1. The molecule has 0 aromatic heterocycles. The highest BCUT2D eigenvalue weighted by Gasteiger charge is 2.33. The Morgan fingerprint density at radius 3 is 2.29 bits per heavy atom. The van der Waals surface area contributed by atoms with E-state index >= 15 is 0 Å². The van der Waals surface area contributed by atoms with Gasteiger partial charge >= 0.3 is 6.18 Å². The van der Waals surface area contributed by atoms with Crippen molar-refractivity contribution in [1.82, 2.24) is 4.72 Å². The highest BCUT2D eigenvalue weighted by molar-refractivity contribution is 7.89. The highest BCUT2D eigenvalue weighted by atomic mass is 32.2. The molecule has 0 atom stereocenters. The predicted molar refractivity (Wildman–Crippen MR) is 97.6 cm³/mol. The Bertz CT molecular complexity index is 945. The number of benzene rings is 2. The minimum atomic E-state index is -4.68. The maximum Gasteiger partial charge on any atom is 0.416 e. The number of nitrogens with one attached hydrogen (secondary N) is 2. The Morgan fingerprint density at radius 1 is 1.07 bits per heavy atom. The molecule has 0 radical (unpaired) electrons. The van der Waals surface area contributed by atoms with Crippen LogP contribution in [0.4, 0.5) is 24.5 Å². The normalized spacial score (nSPS) is 12.0. The van der Waals surface area contributed by atoms with Crippen molar-refractivity contribution in [2.75, 3.05) is 18.4 Å². The van der Waals surface area contributed by atoms with Gasteiger partial charge in [0, 0.05) is 19.2 Å². The average molecular weight is 417 g/mol. The summed E-state index contributed by atoms with van der Waals surface area (Å²) in [5.41, 5.74) is -0.966. The summed E-state index contributed by atoms with van der Waals surface area (Å²) in [4.78, 5) is 10.2. The van der Waals surface area contributed by atoms with E-state index in [1.165, 1.54) is 12.1 Å². The van der Waals surface area contributed by atoms with E-state index in [0.717, 1.165) is 17.7 Å². The Kier molecular flexibility index (Phi) is 6.62. The molecular formula is C17H18F3N3O4S. The van der Waals surface area contributed by atoms with Crippen LogP contribution in [-0.2, 0) is 16.2 Å². The van der Waals surface area contributed by atoms with E-state index < -0.39 is 32.4 Å². The lowest BCUT2D eigenvalue weighted by Gasteiger charge is -2.11. The lowest BCUT2D eigenvalue weighted by Crippen LogP contribution is -2.26. The number of rotatable bonds is 8. The third-order valence-electron chi connectivity index (χ3n) is 3.81. The van der Waals surface area contributed by atoms with Crippen LogP contribution in [0.25, 0.3) is 0 Å². The van der Waals surface area contributed by atoms with Crippen molar-refractivity contribution in [3.05, 3.63) is 63.7 Å². The molecule has 0 saturated carbocycles. The maximum absolute atomic E-state index is 12.7. The number of nitro groups is 1. The Hall–Kier alpha value is -2.66. The molecule has 0 aliphatic rings. The summed E-state index contributed by atoms with van der Waals surface area (Å²) >= 11 is 0. The van der Waals surface area contributed by atoms with Crippen molar-refractivity contribution in [2.24, 2.45) is 0 Å². The summed E-state index contributed by atoms with van der Waals surface area (Å²) in [5.74, 6) is 0. The summed E-state index contributed by atoms with van der Waals surface area (Å²) in [7, 11) is -3.68. The van der Waals surface area contributed by atoms with Crippen molar-refractivity contribution >= 4 is 21.4 Å². The van der Waals surface area contributed by atoms with Crippen molar-refractivity contribution in [1.29, 1.82) is 0 Å². The minimum Gasteiger partial charge on any atom is -0.379 e. The fourth-order valence-corrected chi connectivity index (χ4v) is 3.40. The van der Waals surface area contributed by atoms with Gasteiger partial charge in [0.15, 0.2) is 0 Å². The van der Waals surface area contributed by atoms with Gasteiger partial charge in [0.2, 0.25) is 10.0 Å². The van der Waals surface area contributed by atoms with E-state index in [0.29, 0.717) is 6.07 Å². The summed E-state index contributed by atoms with van der Waals surface area (Å²) in [5, 5.41) is 13.7. The molecule has 2 aromatic rings. The zero-order valence-electron chi connectivity index (χ0n) is 14.8. The molecule has 11 heteroatoms. The first-order valence-electron chi connectivity index (χ1n) is 8.16. The van der Waals surface area contributed by atoms with E-state index in [1.54, 1.807) is 12.1 Å². The molecule has 2 rings (SSSR count). The third kappa shape index (κ3) is 5.67. The Balaban J connectivity index is 1.93. The highest BCUT2D eigenvalue weighted by Crippen LogP contribution is 2.34. The molecule has 7 nitrogen and oxygen atoms in total. The fourth-order valence-electron chi connectivity index (χ4n) is 2.33. The summed E-state index contributed by atoms with van der Waals surface area (Å²) < 4.78 is 64.7. The fraction of sp³-hybridized carbons (Fsp3) is 0.294. The summed E-state index contributed by atoms with van der Waals surface area (Å²) in [6.45, 7) is 2.01. The lowest BCUT2D eigenvalue weighted by atomic mass is 10.1. The molecule has 0 bridgehead atoms. The summed E-state index contributed by atoms with van der Waals surface area (Å²) in [6, 6.07) is 8.47. The van der Waals surface area contributed by atoms with Crippen molar-refractivity contribution < 1.29 is 26.5 Å². The average Bonchev–Trinajstić information content (AvgIpc) is 2.60. The van der Waals surface area contributed by atoms with Crippen LogP contribution >= 0.6 is 0 Å². The molecule has 152 valence electrons. The Labute approximate surface area is 159 Å². The van der Waals surface area contributed by atoms with Crippen molar-refractivity contribution in [3.63, 3.8) is 0 Å². The first kappa shape index (κ1) is 21.6. The number of sulfonamides is 1. The van der Waals surface area contributed by atoms with Crippen molar-refractivity contribution in [2.45, 2.75) is 24.4 Å². The van der Waals surface area contributed by atoms with Crippen LogP contribution in [0.2, 0.25) is 0 Å². The smallest absolute Gasteiger partial charge is 0.379 e. The van der Waals surface area contributed by atoms with E-state index in [1.807, 2.05) is 6.92 Å². The second-order valence-electron chi connectivity index (χ2n) is 5.98. The lowest BCUT2D eigenvalue weighted by molar-refractivity contribution is -0.384. The van der Waals surface area contributed by atoms with E-state index in [9.17, 15) is 31.7 Å². The van der Waals surface area contributed by atoms with Crippen LogP contribution in [0.15, 0.2) is 47.4 Å². The van der Waals surface area contributed by atoms with E-state index in [2.05, 4.69) is 10.0 Å². The van der Waals surface area contributed by atoms with Crippen LogP contribution in [0.3, 0.4) is 0 Å². The molecule has 0 unspecified atom stereocenters. The van der Waals surface area contributed by atoms with Gasteiger partial charge in [-0.3, -0.25) is 10.1 Å². The number of hydrogen-bond donors (Lipinski definition) is 2. The minimum absolute atomic E-state index is 0.0532. The van der Waals surface area contributed by atoms with Gasteiger partial charge in [-0.05, 0) is 37.6 Å². The van der Waals surface area contributed by atoms with Crippen molar-refractivity contribution in [3.8, 4) is 0 Å². The van der Waals surface area contributed by atoms with Gasteiger partial charge in [-0.25, -0.2) is 13.1 Å². The van der Waals surface area contributed by atoms with E-state index in [-0.39, 0.29) is 30.1 Å². The standard InChI is InChI=1S/C17H18F3N3O4S/c1-12-3-6-14(7-4-12)28(26,27)22-10-2-9-21-15-8-5-13(17(18,19)20)11-16(15)23(24)25/h3-8,11,21-22H,2,9-10H2,1H3. The van der Waals surface area contributed by atoms with Crippen LogP contribution in [-0.4, -0.2) is 26.4 Å². The molecule has 0 spiro atoms. The van der Waals surface area contributed by atoms with Crippen LogP contribution in [0.1, 0.15) is 17.5 Å². The van der Waals surface area contributed by atoms with E-state index in [4.69, 9.17) is 0 Å². The number of hydrogen-bond acceptors (Lipinski definition) is 5. The maximum atomic E-state index is 12.7. The molecule has 0 saturated heterocycles. The molecule has 0 aliphatic carbocycles. The molecule has 2 N–H and O–H groups in total. The molecule has 0 aliphatic heterocycles. The number of nitro benzene ring substituents is 1. The van der Waals surface area contributed by atoms with Gasteiger partial charge in [-0.2, -0.15) is 13.2 Å². The number of aryl methyl sites for hydroxylation is 1. The molecule has 0 heterocycles. The van der Waals surface area contributed by atoms with Gasteiger partial charge in [0.1, 0.15) is 5.69 Å². The second kappa shape index (κ2) is 8.57. The zero-order chi connectivity index (χ0) is 20.9. The second-order valence-corrected chi connectivity index (χ2v) is 7.74. The van der Waals surface area contributed by atoms with Gasteiger partial charge < -0.3 is 5.32 Å². The molecular weight excluding hydrogens is 399 g/mol. The monoisotopic (exact) mass is 417 g/mol. The first-order valence-corrected chi connectivity index (χ1v) is 9.65. The molecule has 0 amide bonds. The van der Waals surface area contributed by atoms with Crippen LogP contribution in [0, 0.1) is 17.0 Å². The van der Waals surface area contributed by atoms with Crippen LogP contribution < -0.4 is 10.0 Å². The summed E-state index contributed by atoms with van der Waals surface area (Å²) in [6.07, 6.45) is -4.42. The number of alkyl halides is 3. The number of anilines is 1. The Morgan fingerprint density at radius 2 is 1.71 bits per heavy atom. The van der Waals surface area contributed by atoms with Crippen LogP contribution in [0.5, 0.6) is 0 Å². The number of nitrogens with zero attached hydrogens (tertiary/aromatic N) is 1. The third-order valence-corrected chi connectivity index (χ3v) is 5.29. The zero-order valence-corrected chi connectivity index (χ0v) is 15.6. The quantitative estimate of drug-likeness (QED) is 0.387. The number of halogens is 3. The van der Waals surface area contributed by atoms with Gasteiger partial charge in [-0.1, -0.05) is 17.7 Å². The topological polar surface area (TPSA) is 101 Å². The molecule has 28 heavy (non-hydrogen) atoms. The van der Waals surface area contributed by atoms with Gasteiger partial charge in [0.05, 0.1) is 15.4 Å². The largest absolute Gasteiger partial charge is 0.416 e. The molecule has 0 fully saturated rings. The first-order chi connectivity index (χ1) is 13.0. The predicted octanol–water partition coefficient (Wildman–Crippen LogP) is 3.70. The van der Waals surface area contributed by atoms with Gasteiger partial charge in [0.25, 0.3) is 5.69 Å². The molecule has 2 aromatic carbocycles. The van der Waals surface area contributed by atoms with Gasteiger partial charge in [-0.15, -0.1) is 0 Å².